The van der Waals surface area contributed by atoms with Gasteiger partial charge in [0.25, 0.3) is 0 Å². The molecule has 2 saturated carbocycles. The quantitative estimate of drug-likeness (QED) is 0.534. The highest BCUT2D eigenvalue weighted by atomic mass is 15.0. The van der Waals surface area contributed by atoms with E-state index < -0.39 is 0 Å². The first-order chi connectivity index (χ1) is 4.90. The van der Waals surface area contributed by atoms with Crippen LogP contribution in [0.5, 0.6) is 0 Å². The predicted octanol–water partition coefficient (Wildman–Crippen LogP) is 1.54. The van der Waals surface area contributed by atoms with Gasteiger partial charge in [-0.2, -0.15) is 0 Å². The third-order valence-electron chi connectivity index (χ3n) is 3.61. The molecule has 0 spiro atoms. The van der Waals surface area contributed by atoms with Gasteiger partial charge in [-0.15, -0.1) is 0 Å². The van der Waals surface area contributed by atoms with Crippen LogP contribution in [0.2, 0.25) is 0 Å². The Morgan fingerprint density at radius 3 is 1.60 bits per heavy atom. The average molecular weight is 137 g/mol. The fourth-order valence-electron chi connectivity index (χ4n) is 3.46. The van der Waals surface area contributed by atoms with E-state index in [0.717, 1.165) is 23.9 Å². The third-order valence-corrected chi connectivity index (χ3v) is 3.61. The van der Waals surface area contributed by atoms with Gasteiger partial charge in [-0.05, 0) is 43.9 Å². The van der Waals surface area contributed by atoms with E-state index in [2.05, 4.69) is 5.32 Å². The molecule has 4 aliphatic rings. The average Bonchev–Trinajstić information content (AvgIpc) is 1.82. The van der Waals surface area contributed by atoms with Crippen LogP contribution in [0.3, 0.4) is 0 Å². The van der Waals surface area contributed by atoms with Gasteiger partial charge >= 0.3 is 0 Å². The number of nitrogens with one attached hydrogen (secondary N) is 1. The molecule has 2 aliphatic carbocycles. The van der Waals surface area contributed by atoms with Crippen molar-refractivity contribution in [1.29, 1.82) is 0 Å². The highest BCUT2D eigenvalue weighted by Gasteiger charge is 2.41. The lowest BCUT2D eigenvalue weighted by atomic mass is 9.65. The summed E-state index contributed by atoms with van der Waals surface area (Å²) in [6, 6.07) is 1.85. The summed E-state index contributed by atoms with van der Waals surface area (Å²) in [6.07, 6.45) is 7.54. The molecule has 4 rings (SSSR count). The maximum absolute atomic E-state index is 3.71. The van der Waals surface area contributed by atoms with Crippen molar-refractivity contribution in [2.24, 2.45) is 11.8 Å². The molecule has 10 heavy (non-hydrogen) atoms. The Kier molecular flexibility index (Phi) is 0.984. The number of hydrogen-bond acceptors (Lipinski definition) is 1. The van der Waals surface area contributed by atoms with Gasteiger partial charge in [0.1, 0.15) is 0 Å². The lowest BCUT2D eigenvalue weighted by Crippen LogP contribution is -2.55. The molecule has 0 radical (unpaired) electrons. The van der Waals surface area contributed by atoms with E-state index in [4.69, 9.17) is 0 Å². The zero-order valence-corrected chi connectivity index (χ0v) is 6.34. The molecule has 0 amide bonds. The Labute approximate surface area is 62.2 Å². The van der Waals surface area contributed by atoms with E-state index in [1.54, 1.807) is 6.42 Å². The lowest BCUT2D eigenvalue weighted by molar-refractivity contribution is 0.0604. The van der Waals surface area contributed by atoms with Gasteiger partial charge in [-0.25, -0.2) is 0 Å². The second kappa shape index (κ2) is 1.76. The minimum atomic E-state index is 0.927. The second-order valence-corrected chi connectivity index (χ2v) is 4.47. The van der Waals surface area contributed by atoms with Gasteiger partial charge in [0.15, 0.2) is 0 Å². The van der Waals surface area contributed by atoms with Crippen molar-refractivity contribution in [1.82, 2.24) is 5.32 Å². The molecule has 1 heteroatoms. The summed E-state index contributed by atoms with van der Waals surface area (Å²) in [5.74, 6) is 2.23. The molecular formula is C9H15N. The highest BCUT2D eigenvalue weighted by molar-refractivity contribution is 4.98. The lowest BCUT2D eigenvalue weighted by Gasteiger charge is -2.50. The SMILES string of the molecule is C1[C@H]2C[C@H]3C[C@H]1C[C@@H](C2)N3. The molecule has 0 unspecified atom stereocenters. The van der Waals surface area contributed by atoms with Gasteiger partial charge in [0.2, 0.25) is 0 Å². The molecule has 4 bridgehead atoms. The maximum atomic E-state index is 3.71. The standard InChI is InChI=1S/C9H15N/c1-6-2-8-4-7(1)5-9(3-6)10-8/h6-10H,1-5H2/t6-,7-,8-,9+. The van der Waals surface area contributed by atoms with Crippen molar-refractivity contribution in [2.75, 3.05) is 0 Å². The van der Waals surface area contributed by atoms with Crippen LogP contribution in [-0.2, 0) is 0 Å². The van der Waals surface area contributed by atoms with Crippen LogP contribution in [0.15, 0.2) is 0 Å². The Bertz CT molecular complexity index is 96.3. The molecular weight excluding hydrogens is 122 g/mol. The zero-order chi connectivity index (χ0) is 6.55. The highest BCUT2D eigenvalue weighted by Crippen LogP contribution is 2.44. The summed E-state index contributed by atoms with van der Waals surface area (Å²) in [4.78, 5) is 0. The van der Waals surface area contributed by atoms with E-state index in [9.17, 15) is 0 Å². The molecule has 56 valence electrons. The molecule has 0 aromatic carbocycles. The first-order valence-electron chi connectivity index (χ1n) is 4.66. The Morgan fingerprint density at radius 1 is 0.700 bits per heavy atom. The van der Waals surface area contributed by atoms with E-state index in [-0.39, 0.29) is 0 Å². The van der Waals surface area contributed by atoms with Gasteiger partial charge in [0.05, 0.1) is 0 Å². The third kappa shape index (κ3) is 0.672. The van der Waals surface area contributed by atoms with Crippen molar-refractivity contribution in [3.05, 3.63) is 0 Å². The van der Waals surface area contributed by atoms with Crippen molar-refractivity contribution in [3.8, 4) is 0 Å². The largest absolute Gasteiger partial charge is 0.311 e. The van der Waals surface area contributed by atoms with E-state index in [0.29, 0.717) is 0 Å². The number of rotatable bonds is 0. The van der Waals surface area contributed by atoms with E-state index >= 15 is 0 Å². The fourth-order valence-corrected chi connectivity index (χ4v) is 3.46. The number of piperidine rings is 2. The monoisotopic (exact) mass is 137 g/mol. The minimum absolute atomic E-state index is 0.927. The van der Waals surface area contributed by atoms with Crippen LogP contribution < -0.4 is 5.32 Å². The molecule has 0 aromatic heterocycles. The summed E-state index contributed by atoms with van der Waals surface area (Å²) in [6.45, 7) is 0. The fraction of sp³-hybridized carbons (Fsp3) is 1.00. The van der Waals surface area contributed by atoms with Gasteiger partial charge in [0, 0.05) is 12.1 Å². The molecule has 2 aliphatic heterocycles. The normalized spacial score (nSPS) is 57.6. The molecule has 2 saturated heterocycles. The van der Waals surface area contributed by atoms with Crippen LogP contribution in [0, 0.1) is 11.8 Å². The molecule has 0 aromatic rings. The molecule has 1 nitrogen and oxygen atoms in total. The van der Waals surface area contributed by atoms with E-state index in [1.807, 2.05) is 0 Å². The summed E-state index contributed by atoms with van der Waals surface area (Å²) in [5.41, 5.74) is 0. The van der Waals surface area contributed by atoms with Crippen LogP contribution >= 0.6 is 0 Å². The van der Waals surface area contributed by atoms with Crippen molar-refractivity contribution in [3.63, 3.8) is 0 Å². The van der Waals surface area contributed by atoms with Gasteiger partial charge in [-0.3, -0.25) is 0 Å². The zero-order valence-electron chi connectivity index (χ0n) is 6.34. The van der Waals surface area contributed by atoms with Crippen LogP contribution in [0.1, 0.15) is 32.1 Å². The summed E-state index contributed by atoms with van der Waals surface area (Å²) in [7, 11) is 0. The molecule has 0 atom stereocenters. The van der Waals surface area contributed by atoms with Crippen molar-refractivity contribution < 1.29 is 0 Å². The van der Waals surface area contributed by atoms with Gasteiger partial charge in [-0.1, -0.05) is 0 Å². The van der Waals surface area contributed by atoms with Crippen molar-refractivity contribution in [2.45, 2.75) is 44.2 Å². The first-order valence-corrected chi connectivity index (χ1v) is 4.66. The Balaban J connectivity index is 1.90. The summed E-state index contributed by atoms with van der Waals surface area (Å²) >= 11 is 0. The predicted molar refractivity (Wildman–Crippen MR) is 40.8 cm³/mol. The smallest absolute Gasteiger partial charge is 0.00749 e. The van der Waals surface area contributed by atoms with Crippen LogP contribution in [0.4, 0.5) is 0 Å². The number of hydrogen-bond donors (Lipinski definition) is 1. The Hall–Kier alpha value is -0.0400. The van der Waals surface area contributed by atoms with Crippen molar-refractivity contribution >= 4 is 0 Å². The first kappa shape index (κ1) is 5.59. The Morgan fingerprint density at radius 2 is 1.20 bits per heavy atom. The molecule has 1 N–H and O–H groups in total. The molecule has 2 heterocycles. The minimum Gasteiger partial charge on any atom is -0.311 e. The molecule has 4 fully saturated rings. The summed E-state index contributed by atoms with van der Waals surface area (Å²) in [5, 5.41) is 3.71. The summed E-state index contributed by atoms with van der Waals surface area (Å²) < 4.78 is 0. The van der Waals surface area contributed by atoms with Crippen LogP contribution in [-0.4, -0.2) is 12.1 Å². The topological polar surface area (TPSA) is 12.0 Å². The maximum Gasteiger partial charge on any atom is 0.00749 e. The second-order valence-electron chi connectivity index (χ2n) is 4.47. The van der Waals surface area contributed by atoms with E-state index in [1.165, 1.54) is 25.7 Å². The van der Waals surface area contributed by atoms with Gasteiger partial charge < -0.3 is 5.32 Å². The van der Waals surface area contributed by atoms with Crippen LogP contribution in [0.25, 0.3) is 0 Å².